The van der Waals surface area contributed by atoms with Crippen molar-refractivity contribution in [1.29, 1.82) is 0 Å². The summed E-state index contributed by atoms with van der Waals surface area (Å²) in [6, 6.07) is 6.26. The van der Waals surface area contributed by atoms with Crippen molar-refractivity contribution in [3.63, 3.8) is 0 Å². The predicted octanol–water partition coefficient (Wildman–Crippen LogP) is 3.83. The Morgan fingerprint density at radius 1 is 1.20 bits per heavy atom. The van der Waals surface area contributed by atoms with E-state index in [2.05, 4.69) is 28.9 Å². The first kappa shape index (κ1) is 13.2. The fourth-order valence-corrected chi connectivity index (χ4v) is 3.34. The molecular formula is C17H23N3. The van der Waals surface area contributed by atoms with Gasteiger partial charge >= 0.3 is 0 Å². The normalized spacial score (nSPS) is 16.8. The van der Waals surface area contributed by atoms with Gasteiger partial charge in [0.05, 0.1) is 0 Å². The summed E-state index contributed by atoms with van der Waals surface area (Å²) in [6.45, 7) is 4.60. The molecule has 0 radical (unpaired) electrons. The molecule has 2 heterocycles. The van der Waals surface area contributed by atoms with E-state index in [1.165, 1.54) is 36.8 Å². The molecule has 3 nitrogen and oxygen atoms in total. The number of nitrogens with two attached hydrogens (primary N) is 1. The summed E-state index contributed by atoms with van der Waals surface area (Å²) >= 11 is 0. The SMILES string of the molecule is CCCC1CCN(c2ccc(N)c3cnccc23)CC1. The summed E-state index contributed by atoms with van der Waals surface area (Å²) in [5, 5.41) is 2.30. The van der Waals surface area contributed by atoms with E-state index in [0.29, 0.717) is 0 Å². The second-order valence-corrected chi connectivity index (χ2v) is 5.81. The van der Waals surface area contributed by atoms with Crippen LogP contribution in [0.15, 0.2) is 30.6 Å². The van der Waals surface area contributed by atoms with Crippen LogP contribution in [0.1, 0.15) is 32.6 Å². The van der Waals surface area contributed by atoms with Crippen LogP contribution in [0, 0.1) is 5.92 Å². The van der Waals surface area contributed by atoms with Crippen LogP contribution >= 0.6 is 0 Å². The average Bonchev–Trinajstić information content (AvgIpc) is 2.49. The van der Waals surface area contributed by atoms with E-state index in [1.807, 2.05) is 18.5 Å². The Kier molecular flexibility index (Phi) is 3.77. The molecule has 2 aromatic rings. The van der Waals surface area contributed by atoms with Gasteiger partial charge in [-0.1, -0.05) is 19.8 Å². The fraction of sp³-hybridized carbons (Fsp3) is 0.471. The zero-order chi connectivity index (χ0) is 13.9. The molecule has 2 N–H and O–H groups in total. The number of rotatable bonds is 3. The van der Waals surface area contributed by atoms with Crippen LogP contribution in [0.4, 0.5) is 11.4 Å². The van der Waals surface area contributed by atoms with E-state index < -0.39 is 0 Å². The van der Waals surface area contributed by atoms with E-state index in [0.717, 1.165) is 30.1 Å². The summed E-state index contributed by atoms with van der Waals surface area (Å²) in [5.41, 5.74) is 8.19. The van der Waals surface area contributed by atoms with Crippen molar-refractivity contribution in [3.05, 3.63) is 30.6 Å². The molecule has 0 saturated carbocycles. The van der Waals surface area contributed by atoms with Crippen molar-refractivity contribution < 1.29 is 0 Å². The topological polar surface area (TPSA) is 42.1 Å². The van der Waals surface area contributed by atoms with Crippen LogP contribution in [0.5, 0.6) is 0 Å². The fourth-order valence-electron chi connectivity index (χ4n) is 3.34. The third-order valence-electron chi connectivity index (χ3n) is 4.48. The van der Waals surface area contributed by atoms with Gasteiger partial charge in [0.15, 0.2) is 0 Å². The predicted molar refractivity (Wildman–Crippen MR) is 86.0 cm³/mol. The maximum Gasteiger partial charge on any atom is 0.0448 e. The molecule has 3 heteroatoms. The van der Waals surface area contributed by atoms with Crippen LogP contribution in [0.2, 0.25) is 0 Å². The van der Waals surface area contributed by atoms with Crippen molar-refractivity contribution >= 4 is 22.1 Å². The number of benzene rings is 1. The Morgan fingerprint density at radius 2 is 2.00 bits per heavy atom. The van der Waals surface area contributed by atoms with Gasteiger partial charge in [-0.25, -0.2) is 0 Å². The van der Waals surface area contributed by atoms with Gasteiger partial charge in [0.2, 0.25) is 0 Å². The molecule has 0 bridgehead atoms. The van der Waals surface area contributed by atoms with Crippen LogP contribution < -0.4 is 10.6 Å². The number of piperidine rings is 1. The van der Waals surface area contributed by atoms with E-state index in [1.54, 1.807) is 0 Å². The molecule has 1 saturated heterocycles. The molecule has 1 aromatic heterocycles. The van der Waals surface area contributed by atoms with E-state index in [9.17, 15) is 0 Å². The molecule has 1 aliphatic heterocycles. The lowest BCUT2D eigenvalue weighted by atomic mass is 9.92. The van der Waals surface area contributed by atoms with Gasteiger partial charge in [-0.05, 0) is 37.0 Å². The Morgan fingerprint density at radius 3 is 2.75 bits per heavy atom. The standard InChI is InChI=1S/C17H23N3/c1-2-3-13-7-10-20(11-8-13)17-5-4-16(18)15-12-19-9-6-14(15)17/h4-6,9,12-13H,2-3,7-8,10-11,18H2,1H3. The zero-order valence-corrected chi connectivity index (χ0v) is 12.2. The van der Waals surface area contributed by atoms with Crippen LogP contribution in [0.3, 0.4) is 0 Å². The van der Waals surface area contributed by atoms with Gasteiger partial charge in [0.25, 0.3) is 0 Å². The Bertz CT molecular complexity index is 586. The molecule has 106 valence electrons. The Labute approximate surface area is 120 Å². The molecule has 1 aromatic carbocycles. The lowest BCUT2D eigenvalue weighted by Crippen LogP contribution is -2.33. The molecule has 20 heavy (non-hydrogen) atoms. The average molecular weight is 269 g/mol. The maximum atomic E-state index is 6.06. The van der Waals surface area contributed by atoms with Gasteiger partial charge < -0.3 is 10.6 Å². The van der Waals surface area contributed by atoms with Gasteiger partial charge in [0, 0.05) is 47.6 Å². The molecule has 1 aliphatic rings. The van der Waals surface area contributed by atoms with Gasteiger partial charge in [-0.2, -0.15) is 0 Å². The summed E-state index contributed by atoms with van der Waals surface area (Å²) in [7, 11) is 0. The monoisotopic (exact) mass is 269 g/mol. The highest BCUT2D eigenvalue weighted by atomic mass is 15.1. The molecule has 0 amide bonds. The summed E-state index contributed by atoms with van der Waals surface area (Å²) < 4.78 is 0. The number of aromatic nitrogens is 1. The minimum atomic E-state index is 0.817. The first-order chi connectivity index (χ1) is 9.79. The number of hydrogen-bond donors (Lipinski definition) is 1. The zero-order valence-electron chi connectivity index (χ0n) is 12.2. The minimum Gasteiger partial charge on any atom is -0.398 e. The summed E-state index contributed by atoms with van der Waals surface area (Å²) in [6.07, 6.45) is 9.03. The first-order valence-corrected chi connectivity index (χ1v) is 7.66. The molecule has 0 aliphatic carbocycles. The molecular weight excluding hydrogens is 246 g/mol. The number of pyridine rings is 1. The largest absolute Gasteiger partial charge is 0.398 e. The Balaban J connectivity index is 1.87. The van der Waals surface area contributed by atoms with Gasteiger partial charge in [0.1, 0.15) is 0 Å². The number of fused-ring (bicyclic) bond motifs is 1. The molecule has 3 rings (SSSR count). The molecule has 0 unspecified atom stereocenters. The third-order valence-corrected chi connectivity index (χ3v) is 4.48. The highest BCUT2D eigenvalue weighted by Gasteiger charge is 2.20. The van der Waals surface area contributed by atoms with Crippen molar-refractivity contribution in [2.45, 2.75) is 32.6 Å². The third kappa shape index (κ3) is 2.45. The van der Waals surface area contributed by atoms with Gasteiger partial charge in [-0.3, -0.25) is 4.98 Å². The molecule has 0 spiro atoms. The van der Waals surface area contributed by atoms with E-state index >= 15 is 0 Å². The van der Waals surface area contributed by atoms with Crippen LogP contribution in [-0.4, -0.2) is 18.1 Å². The number of hydrogen-bond acceptors (Lipinski definition) is 3. The van der Waals surface area contributed by atoms with Crippen molar-refractivity contribution in [3.8, 4) is 0 Å². The van der Waals surface area contributed by atoms with Crippen molar-refractivity contribution in [1.82, 2.24) is 4.98 Å². The quantitative estimate of drug-likeness (QED) is 0.861. The molecule has 0 atom stereocenters. The second-order valence-electron chi connectivity index (χ2n) is 5.81. The van der Waals surface area contributed by atoms with E-state index in [4.69, 9.17) is 5.73 Å². The van der Waals surface area contributed by atoms with Gasteiger partial charge in [-0.15, -0.1) is 0 Å². The second kappa shape index (κ2) is 5.70. The molecule has 1 fully saturated rings. The highest BCUT2D eigenvalue weighted by molar-refractivity contribution is 6.00. The van der Waals surface area contributed by atoms with Crippen LogP contribution in [0.25, 0.3) is 10.8 Å². The lowest BCUT2D eigenvalue weighted by molar-refractivity contribution is 0.379. The minimum absolute atomic E-state index is 0.817. The first-order valence-electron chi connectivity index (χ1n) is 7.66. The Hall–Kier alpha value is -1.77. The highest BCUT2D eigenvalue weighted by Crippen LogP contribution is 2.33. The summed E-state index contributed by atoms with van der Waals surface area (Å²) in [5.74, 6) is 0.915. The van der Waals surface area contributed by atoms with Crippen molar-refractivity contribution in [2.75, 3.05) is 23.7 Å². The number of anilines is 2. The van der Waals surface area contributed by atoms with Crippen LogP contribution in [-0.2, 0) is 0 Å². The maximum absolute atomic E-state index is 6.06. The van der Waals surface area contributed by atoms with E-state index in [-0.39, 0.29) is 0 Å². The smallest absolute Gasteiger partial charge is 0.0448 e. The number of nitrogens with zero attached hydrogens (tertiary/aromatic N) is 2. The lowest BCUT2D eigenvalue weighted by Gasteiger charge is -2.34. The number of nitrogen functional groups attached to an aromatic ring is 1. The summed E-state index contributed by atoms with van der Waals surface area (Å²) in [4.78, 5) is 6.71. The van der Waals surface area contributed by atoms with Crippen molar-refractivity contribution in [2.24, 2.45) is 5.92 Å².